The molecule has 1 aromatic carbocycles. The third-order valence-corrected chi connectivity index (χ3v) is 10.4. The van der Waals surface area contributed by atoms with Crippen molar-refractivity contribution in [2.75, 3.05) is 0 Å². The van der Waals surface area contributed by atoms with Gasteiger partial charge in [-0.05, 0) is 88.9 Å². The Kier molecular flexibility index (Phi) is 14.5. The van der Waals surface area contributed by atoms with Gasteiger partial charge in [0.15, 0.2) is 17.5 Å². The van der Waals surface area contributed by atoms with Gasteiger partial charge >= 0.3 is 12.2 Å². The van der Waals surface area contributed by atoms with Crippen LogP contribution in [0, 0.1) is 53.0 Å². The summed E-state index contributed by atoms with van der Waals surface area (Å²) >= 11 is 0. The van der Waals surface area contributed by atoms with Crippen molar-refractivity contribution < 1.29 is 49.4 Å². The molecule has 0 saturated heterocycles. The van der Waals surface area contributed by atoms with Gasteiger partial charge in [0.2, 0.25) is 5.92 Å². The van der Waals surface area contributed by atoms with Crippen molar-refractivity contribution in [2.24, 2.45) is 35.5 Å². The van der Waals surface area contributed by atoms with E-state index >= 15 is 0 Å². The fourth-order valence-electron chi connectivity index (χ4n) is 7.91. The molecule has 0 aromatic heterocycles. The Morgan fingerprint density at radius 1 is 0.543 bits per heavy atom. The maximum Gasteiger partial charge on any atom is 0.400 e. The molecule has 0 radical (unpaired) electrons. The van der Waals surface area contributed by atoms with Crippen molar-refractivity contribution in [3.8, 4) is 5.75 Å². The molecule has 1 aromatic rings. The highest BCUT2D eigenvalue weighted by atomic mass is 19.3. The van der Waals surface area contributed by atoms with E-state index < -0.39 is 53.2 Å². The first-order valence-corrected chi connectivity index (χ1v) is 17.1. The SMILES string of the molecule is CC(C)(F)F.Fc1cc(OC(F)(F)C2CCC(C3CCCCC3)CC2)cc(F)c1F.OC(F)(F)C1CCC(C2CCCCC2)CC1. The number of alkyl halides is 6. The van der Waals surface area contributed by atoms with Crippen molar-refractivity contribution in [1.82, 2.24) is 0 Å². The van der Waals surface area contributed by atoms with E-state index in [1.807, 2.05) is 0 Å². The number of hydrogen-bond acceptors (Lipinski definition) is 2. The highest BCUT2D eigenvalue weighted by Gasteiger charge is 2.45. The topological polar surface area (TPSA) is 29.5 Å². The van der Waals surface area contributed by atoms with Crippen LogP contribution >= 0.6 is 0 Å². The molecule has 0 aliphatic heterocycles. The van der Waals surface area contributed by atoms with Gasteiger partial charge in [0, 0.05) is 12.1 Å². The predicted molar refractivity (Wildman–Crippen MR) is 159 cm³/mol. The molecule has 0 spiro atoms. The van der Waals surface area contributed by atoms with Gasteiger partial charge in [-0.3, -0.25) is 0 Å². The third-order valence-electron chi connectivity index (χ3n) is 10.4. The standard InChI is InChI=1S/C19H23F5O.C13H22F2O.C3H6F2/c20-16-10-15(11-17(21)18(16)22)25-19(23,24)14-8-6-13(7-9-14)12-4-2-1-3-5-12;14-13(15,16)12-8-6-11(7-9-12)10-4-2-1-3-5-10;1-3(2,4)5/h10-14H,1-9H2;10-12,16H,1-9H2;1-2H3. The van der Waals surface area contributed by atoms with Crippen molar-refractivity contribution >= 4 is 0 Å². The van der Waals surface area contributed by atoms with E-state index in [1.54, 1.807) is 0 Å². The van der Waals surface area contributed by atoms with Crippen LogP contribution in [0.3, 0.4) is 0 Å². The average molecular weight is 675 g/mol. The van der Waals surface area contributed by atoms with Crippen LogP contribution in [0.15, 0.2) is 12.1 Å². The van der Waals surface area contributed by atoms with Crippen LogP contribution in [-0.2, 0) is 0 Å². The molecule has 0 atom stereocenters. The fraction of sp³-hybridized carbons (Fsp3) is 0.829. The van der Waals surface area contributed by atoms with Crippen molar-refractivity contribution in [3.05, 3.63) is 29.6 Å². The zero-order chi connectivity index (χ0) is 34.1. The second-order valence-electron chi connectivity index (χ2n) is 14.3. The largest absolute Gasteiger partial charge is 0.432 e. The molecule has 11 heteroatoms. The molecule has 0 unspecified atom stereocenters. The Labute approximate surface area is 267 Å². The number of halogens is 9. The lowest BCUT2D eigenvalue weighted by atomic mass is 9.71. The average Bonchev–Trinajstić information content (AvgIpc) is 3.00. The summed E-state index contributed by atoms with van der Waals surface area (Å²) in [5.41, 5.74) is 0. The summed E-state index contributed by atoms with van der Waals surface area (Å²) in [4.78, 5) is 0. The molecule has 4 saturated carbocycles. The first-order chi connectivity index (χ1) is 21.4. The molecule has 266 valence electrons. The lowest BCUT2D eigenvalue weighted by Crippen LogP contribution is -2.38. The zero-order valence-electron chi connectivity index (χ0n) is 27.1. The summed E-state index contributed by atoms with van der Waals surface area (Å²) in [5, 5.41) is 8.71. The molecular weight excluding hydrogens is 623 g/mol. The molecule has 46 heavy (non-hydrogen) atoms. The Bertz CT molecular complexity index is 998. The molecule has 0 bridgehead atoms. The highest BCUT2D eigenvalue weighted by molar-refractivity contribution is 5.25. The number of hydrogen-bond donors (Lipinski definition) is 1. The van der Waals surface area contributed by atoms with Crippen LogP contribution in [0.2, 0.25) is 0 Å². The molecular formula is C35H51F9O2. The first-order valence-electron chi connectivity index (χ1n) is 17.1. The molecule has 1 N–H and O–H groups in total. The summed E-state index contributed by atoms with van der Waals surface area (Å²) < 4.78 is 120. The third kappa shape index (κ3) is 12.8. The van der Waals surface area contributed by atoms with Crippen LogP contribution in [0.1, 0.15) is 129 Å². The quantitative estimate of drug-likeness (QED) is 0.240. The van der Waals surface area contributed by atoms with Crippen LogP contribution < -0.4 is 4.74 Å². The van der Waals surface area contributed by atoms with E-state index in [1.165, 1.54) is 64.2 Å². The predicted octanol–water partition coefficient (Wildman–Crippen LogP) is 12.1. The lowest BCUT2D eigenvalue weighted by Gasteiger charge is -2.37. The fourth-order valence-corrected chi connectivity index (χ4v) is 7.91. The maximum atomic E-state index is 14.4. The van der Waals surface area contributed by atoms with E-state index in [-0.39, 0.29) is 0 Å². The van der Waals surface area contributed by atoms with Gasteiger partial charge in [0.05, 0.1) is 11.8 Å². The smallest absolute Gasteiger partial charge is 0.400 e. The van der Waals surface area contributed by atoms with Crippen LogP contribution in [0.25, 0.3) is 0 Å². The molecule has 4 aliphatic carbocycles. The Morgan fingerprint density at radius 3 is 1.22 bits per heavy atom. The highest BCUT2D eigenvalue weighted by Crippen LogP contribution is 2.45. The monoisotopic (exact) mass is 674 g/mol. The van der Waals surface area contributed by atoms with Gasteiger partial charge in [-0.2, -0.15) is 17.6 Å². The Balaban J connectivity index is 0.000000234. The van der Waals surface area contributed by atoms with Crippen LogP contribution in [0.5, 0.6) is 5.75 Å². The molecule has 4 aliphatic rings. The van der Waals surface area contributed by atoms with Gasteiger partial charge < -0.3 is 9.84 Å². The van der Waals surface area contributed by atoms with Gasteiger partial charge in [0.1, 0.15) is 5.75 Å². The second-order valence-corrected chi connectivity index (χ2v) is 14.3. The lowest BCUT2D eigenvalue weighted by molar-refractivity contribution is -0.244. The summed E-state index contributed by atoms with van der Waals surface area (Å²) in [6.45, 7) is 1.71. The number of benzene rings is 1. The van der Waals surface area contributed by atoms with E-state index in [4.69, 9.17) is 5.11 Å². The number of ether oxygens (including phenoxy) is 1. The number of rotatable bonds is 6. The normalized spacial score (nSPS) is 27.1. The molecule has 4 fully saturated rings. The number of aliphatic hydroxyl groups is 1. The minimum Gasteiger partial charge on any atom is -0.432 e. The summed E-state index contributed by atoms with van der Waals surface area (Å²) in [7, 11) is 0. The Hall–Kier alpha value is -1.65. The molecule has 0 amide bonds. The first kappa shape index (κ1) is 38.8. The van der Waals surface area contributed by atoms with Crippen LogP contribution in [-0.4, -0.2) is 23.2 Å². The van der Waals surface area contributed by atoms with E-state index in [0.717, 1.165) is 45.4 Å². The molecule has 2 nitrogen and oxygen atoms in total. The summed E-state index contributed by atoms with van der Waals surface area (Å²) in [6.07, 6.45) is 10.7. The molecule has 0 heterocycles. The van der Waals surface area contributed by atoms with Crippen molar-refractivity contribution in [2.45, 2.75) is 148 Å². The van der Waals surface area contributed by atoms with Gasteiger partial charge in [-0.1, -0.05) is 64.2 Å². The van der Waals surface area contributed by atoms with Crippen molar-refractivity contribution in [3.63, 3.8) is 0 Å². The van der Waals surface area contributed by atoms with Gasteiger partial charge in [-0.15, -0.1) is 0 Å². The minimum atomic E-state index is -3.52. The van der Waals surface area contributed by atoms with Crippen LogP contribution in [0.4, 0.5) is 39.5 Å². The van der Waals surface area contributed by atoms with Gasteiger partial charge in [0.25, 0.3) is 0 Å². The van der Waals surface area contributed by atoms with E-state index in [2.05, 4.69) is 4.74 Å². The summed E-state index contributed by atoms with van der Waals surface area (Å²) in [5.74, 6) is -7.15. The van der Waals surface area contributed by atoms with E-state index in [9.17, 15) is 39.5 Å². The molecule has 5 rings (SSSR count). The zero-order valence-corrected chi connectivity index (χ0v) is 27.1. The Morgan fingerprint density at radius 2 is 0.870 bits per heavy atom. The van der Waals surface area contributed by atoms with Gasteiger partial charge in [-0.25, -0.2) is 22.0 Å². The van der Waals surface area contributed by atoms with Crippen molar-refractivity contribution in [1.29, 1.82) is 0 Å². The maximum absolute atomic E-state index is 14.4. The summed E-state index contributed by atoms with van der Waals surface area (Å²) in [6, 6.07) is 0.917. The minimum absolute atomic E-state index is 0.334. The second kappa shape index (κ2) is 17.1. The van der Waals surface area contributed by atoms with E-state index in [0.29, 0.717) is 55.6 Å².